The number of aliphatic hydroxyl groups excluding tert-OH is 2. The zero-order valence-corrected chi connectivity index (χ0v) is 89.2. The number of hydrogen-bond donors (Lipinski definition) is 2. The molecule has 2 heterocycles. The van der Waals surface area contributed by atoms with Gasteiger partial charge in [-0.1, -0.05) is 346 Å². The maximum absolute atomic E-state index is 13.4. The average molecular weight is 1840 g/mol. The second kappa shape index (κ2) is 90.1. The maximum Gasteiger partial charge on any atom is 0.333 e. The Bertz CT molecular complexity index is 2330. The van der Waals surface area contributed by atoms with E-state index in [0.29, 0.717) is 64.6 Å². The molecule has 0 saturated carbocycles. The van der Waals surface area contributed by atoms with Crippen LogP contribution in [0.1, 0.15) is 518 Å². The van der Waals surface area contributed by atoms with Gasteiger partial charge in [-0.2, -0.15) is 0 Å². The summed E-state index contributed by atoms with van der Waals surface area (Å²) in [5.41, 5.74) is -1.44. The maximum atomic E-state index is 13.4. The molecule has 0 aromatic rings. The predicted molar refractivity (Wildman–Crippen MR) is 555 cm³/mol. The molecule has 16 heteroatoms. The van der Waals surface area contributed by atoms with Crippen molar-refractivity contribution in [2.45, 2.75) is 569 Å². The lowest BCUT2D eigenvalue weighted by atomic mass is 9.89. The van der Waals surface area contributed by atoms with E-state index in [4.69, 9.17) is 36.7 Å². The van der Waals surface area contributed by atoms with Gasteiger partial charge in [0.1, 0.15) is 0 Å². The summed E-state index contributed by atoms with van der Waals surface area (Å²) in [6.45, 7) is 34.0. The van der Waals surface area contributed by atoms with Crippen LogP contribution >= 0.6 is 0 Å². The van der Waals surface area contributed by atoms with Gasteiger partial charge in [0.2, 0.25) is 0 Å². The van der Waals surface area contributed by atoms with Crippen molar-refractivity contribution in [1.29, 1.82) is 0 Å². The molecule has 0 aliphatic carbocycles. The molecule has 2 rings (SSSR count). The van der Waals surface area contributed by atoms with Crippen LogP contribution < -0.4 is 0 Å². The third-order valence-corrected chi connectivity index (χ3v) is 29.9. The molecule has 0 aromatic heterocycles. The van der Waals surface area contributed by atoms with Crippen LogP contribution in [0.5, 0.6) is 0 Å². The van der Waals surface area contributed by atoms with Crippen LogP contribution in [0.2, 0.25) is 26.2 Å². The van der Waals surface area contributed by atoms with E-state index in [0.717, 1.165) is 116 Å². The number of ether oxygens (including phenoxy) is 4. The molecular formula is C112H218N2O12Si2. The number of aliphatic hydroxyl groups is 2. The van der Waals surface area contributed by atoms with Gasteiger partial charge >= 0.3 is 29.1 Å². The highest BCUT2D eigenvalue weighted by atomic mass is 28.4. The highest BCUT2D eigenvalue weighted by molar-refractivity contribution is 6.64. The van der Waals surface area contributed by atoms with Gasteiger partial charge in [0.15, 0.2) is 12.6 Å². The van der Waals surface area contributed by atoms with Gasteiger partial charge in [-0.05, 0) is 260 Å². The fourth-order valence-corrected chi connectivity index (χ4v) is 20.8. The molecule has 4 atom stereocenters. The minimum atomic E-state index is -2.51. The van der Waals surface area contributed by atoms with Crippen molar-refractivity contribution in [3.8, 4) is 0 Å². The zero-order valence-electron chi connectivity index (χ0n) is 87.2. The first-order valence-electron chi connectivity index (χ1n) is 55.8. The monoisotopic (exact) mass is 1840 g/mol. The Balaban J connectivity index is 0.00000128. The summed E-state index contributed by atoms with van der Waals surface area (Å²) in [5, 5.41) is 19.5. The number of esters is 2. The summed E-state index contributed by atoms with van der Waals surface area (Å²) in [7, 11) is -5.02. The van der Waals surface area contributed by atoms with Crippen LogP contribution in [-0.4, -0.2) is 153 Å². The molecule has 2 aliphatic heterocycles. The van der Waals surface area contributed by atoms with Crippen LogP contribution in [0.3, 0.4) is 0 Å². The number of carbonyl (C=O) groups excluding carboxylic acids is 2. The molecule has 2 saturated heterocycles. The van der Waals surface area contributed by atoms with Crippen molar-refractivity contribution in [2.24, 2.45) is 10.8 Å². The zero-order chi connectivity index (χ0) is 93.3. The quantitative estimate of drug-likeness (QED) is 0.0195. The molecule has 2 aliphatic rings. The molecule has 2 N–H and O–H groups in total. The molecular weight excluding hydrogens is 1620 g/mol. The number of carbonyl (C=O) groups is 2. The number of piperidine rings is 2. The largest absolute Gasteiger partial charge is 0.465 e. The number of allylic oxidation sites excluding steroid dienone is 8. The summed E-state index contributed by atoms with van der Waals surface area (Å²) in [6.07, 6.45) is 106. The molecule has 0 bridgehead atoms. The van der Waals surface area contributed by atoms with Gasteiger partial charge in [-0.25, -0.2) is 0 Å². The lowest BCUT2D eigenvalue weighted by Crippen LogP contribution is -2.43. The number of hydrogen-bond acceptors (Lipinski definition) is 14. The minimum absolute atomic E-state index is 0.162. The summed E-state index contributed by atoms with van der Waals surface area (Å²) in [5.74, 6) is -0.324. The number of nitrogens with zero attached hydrogens (tertiary/aromatic N) is 2. The summed E-state index contributed by atoms with van der Waals surface area (Å²) >= 11 is 0. The van der Waals surface area contributed by atoms with E-state index in [1.54, 1.807) is 0 Å². The Morgan fingerprint density at radius 1 is 0.305 bits per heavy atom. The Morgan fingerprint density at radius 2 is 0.523 bits per heavy atom. The molecule has 4 unspecified atom stereocenters. The van der Waals surface area contributed by atoms with Crippen molar-refractivity contribution in [3.05, 3.63) is 48.6 Å². The van der Waals surface area contributed by atoms with Crippen molar-refractivity contribution in [1.82, 2.24) is 9.80 Å². The number of likely N-dealkylation sites (tertiary alicyclic amines) is 2. The summed E-state index contributed by atoms with van der Waals surface area (Å²) in [6, 6.07) is 0.707. The SMILES string of the molecule is CCCCCCCC/C=C\CCCCCCCCOC(=O)C(C)(C)CC(OCCCCCCCC/C=C\CCCCCCCC)O[Si](C)(C)OCCCCCCN1CCCCC1CO.CCCCCCCC/C=C\CCCCCCCCOC(=O)C(C)(C)CC(OCCCCCCCC/C=C\CCCCCCCC)O[Si](C)(C)OCCCCCCN1CCCCC1CO. The third kappa shape index (κ3) is 79.0. The Labute approximate surface area is 797 Å². The Hall–Kier alpha value is -2.07. The standard InChI is InChI=1S/2C56H109NO6Si/c2*1-7-9-11-13-15-17-19-21-23-25-27-29-31-33-36-42-48-60-54(63-64(5,6)62-50-44-38-35-40-46-57-47-41-39-45-53(57)52-58)51-56(3,4)55(59)61-49-43-37-34-32-30-28-26-24-22-20-18-16-14-12-10-8-2/h2*21-24,53-54,58H,7-20,25-52H2,1-6H3/b2*23-21-,24-22-. The second-order valence-electron chi connectivity index (χ2n) is 41.1. The first-order valence-corrected chi connectivity index (χ1v) is 61.4. The normalized spacial score (nSPS) is 15.8. The fraction of sp³-hybridized carbons (Fsp3) is 0.911. The van der Waals surface area contributed by atoms with Gasteiger partial charge in [-0.15, -0.1) is 0 Å². The van der Waals surface area contributed by atoms with Crippen LogP contribution in [0.4, 0.5) is 0 Å². The predicted octanol–water partition coefficient (Wildman–Crippen LogP) is 33.0. The lowest BCUT2D eigenvalue weighted by Gasteiger charge is -2.34. The minimum Gasteiger partial charge on any atom is -0.465 e. The van der Waals surface area contributed by atoms with Crippen molar-refractivity contribution in [2.75, 3.05) is 79.0 Å². The Kier molecular flexibility index (Phi) is 87.2. The van der Waals surface area contributed by atoms with E-state index < -0.39 is 40.5 Å². The lowest BCUT2D eigenvalue weighted by molar-refractivity contribution is -0.165. The molecule has 0 aromatic carbocycles. The van der Waals surface area contributed by atoms with E-state index in [1.165, 1.54) is 360 Å². The smallest absolute Gasteiger partial charge is 0.333 e. The first-order chi connectivity index (χ1) is 62.3. The second-order valence-corrected chi connectivity index (χ2v) is 47.7. The van der Waals surface area contributed by atoms with E-state index in [-0.39, 0.29) is 25.2 Å². The number of unbranched alkanes of at least 4 members (excludes halogenated alkanes) is 54. The topological polar surface area (TPSA) is 155 Å². The third-order valence-electron chi connectivity index (χ3n) is 26.5. The van der Waals surface area contributed by atoms with Crippen LogP contribution in [0.25, 0.3) is 0 Å². The van der Waals surface area contributed by atoms with Gasteiger partial charge < -0.3 is 46.9 Å². The van der Waals surface area contributed by atoms with E-state index in [2.05, 4.69) is 112 Å². The molecule has 0 amide bonds. The molecule has 14 nitrogen and oxygen atoms in total. The van der Waals surface area contributed by atoms with Gasteiger partial charge in [-0.3, -0.25) is 19.4 Å². The van der Waals surface area contributed by atoms with E-state index in [1.807, 2.05) is 27.7 Å². The highest BCUT2D eigenvalue weighted by Crippen LogP contribution is 2.32. The van der Waals surface area contributed by atoms with Crippen LogP contribution in [0, 0.1) is 10.8 Å². The van der Waals surface area contributed by atoms with Crippen molar-refractivity contribution < 1.29 is 56.5 Å². The molecule has 128 heavy (non-hydrogen) atoms. The average Bonchev–Trinajstić information content (AvgIpc) is 0.855. The van der Waals surface area contributed by atoms with Crippen LogP contribution in [-0.2, 0) is 46.2 Å². The Morgan fingerprint density at radius 3 is 0.773 bits per heavy atom. The molecule has 0 spiro atoms. The molecule has 0 radical (unpaired) electrons. The fourth-order valence-electron chi connectivity index (χ4n) is 17.8. The van der Waals surface area contributed by atoms with Crippen LogP contribution in [0.15, 0.2) is 48.6 Å². The molecule has 756 valence electrons. The summed E-state index contributed by atoms with van der Waals surface area (Å²) in [4.78, 5) is 31.8. The van der Waals surface area contributed by atoms with Gasteiger partial charge in [0.25, 0.3) is 0 Å². The number of rotatable bonds is 94. The van der Waals surface area contributed by atoms with Crippen molar-refractivity contribution >= 4 is 29.1 Å². The first kappa shape index (κ1) is 124. The highest BCUT2D eigenvalue weighted by Gasteiger charge is 2.39. The molecule has 2 fully saturated rings. The van der Waals surface area contributed by atoms with E-state index >= 15 is 0 Å². The van der Waals surface area contributed by atoms with Crippen molar-refractivity contribution in [3.63, 3.8) is 0 Å². The van der Waals surface area contributed by atoms with E-state index in [9.17, 15) is 19.8 Å². The summed E-state index contributed by atoms with van der Waals surface area (Å²) < 4.78 is 50.8. The van der Waals surface area contributed by atoms with Gasteiger partial charge in [0.05, 0.1) is 37.3 Å². The van der Waals surface area contributed by atoms with Gasteiger partial charge in [0, 0.05) is 51.4 Å².